The minimum atomic E-state index is 0.172. The number of carbonyl (C=O) groups excluding carboxylic acids is 1. The van der Waals surface area contributed by atoms with E-state index in [4.69, 9.17) is 12.2 Å². The third-order valence-corrected chi connectivity index (χ3v) is 3.82. The molecular formula is C10H17NOS2. The van der Waals surface area contributed by atoms with Crippen molar-refractivity contribution in [3.05, 3.63) is 0 Å². The predicted octanol–water partition coefficient (Wildman–Crippen LogP) is 2.67. The van der Waals surface area contributed by atoms with Gasteiger partial charge in [-0.3, -0.25) is 9.69 Å². The Labute approximate surface area is 95.4 Å². The minimum Gasteiger partial charge on any atom is -0.294 e. The van der Waals surface area contributed by atoms with Crippen LogP contribution in [0.15, 0.2) is 0 Å². The van der Waals surface area contributed by atoms with Gasteiger partial charge in [0.05, 0.1) is 0 Å². The summed E-state index contributed by atoms with van der Waals surface area (Å²) >= 11 is 6.82. The summed E-state index contributed by atoms with van der Waals surface area (Å²) in [6.07, 6.45) is 1.61. The Morgan fingerprint density at radius 1 is 1.71 bits per heavy atom. The van der Waals surface area contributed by atoms with Crippen molar-refractivity contribution in [2.24, 2.45) is 5.92 Å². The number of nitrogens with zero attached hydrogens (tertiary/aromatic N) is 1. The first-order chi connectivity index (χ1) is 6.56. The van der Waals surface area contributed by atoms with Crippen LogP contribution >= 0.6 is 24.0 Å². The van der Waals surface area contributed by atoms with Gasteiger partial charge in [0.15, 0.2) is 0 Å². The van der Waals surface area contributed by atoms with Gasteiger partial charge in [-0.2, -0.15) is 0 Å². The number of hydrogen-bond acceptors (Lipinski definition) is 3. The zero-order valence-electron chi connectivity index (χ0n) is 8.95. The fourth-order valence-corrected chi connectivity index (χ4v) is 3.12. The smallest absolute Gasteiger partial charge is 0.228 e. The molecule has 80 valence electrons. The largest absolute Gasteiger partial charge is 0.294 e. The lowest BCUT2D eigenvalue weighted by Crippen LogP contribution is -2.38. The minimum absolute atomic E-state index is 0.172. The zero-order chi connectivity index (χ0) is 10.7. The second-order valence-corrected chi connectivity index (χ2v) is 5.63. The average molecular weight is 231 g/mol. The van der Waals surface area contributed by atoms with Gasteiger partial charge in [-0.25, -0.2) is 0 Å². The molecule has 0 aromatic carbocycles. The molecule has 1 fully saturated rings. The highest BCUT2D eigenvalue weighted by Crippen LogP contribution is 2.28. The van der Waals surface area contributed by atoms with Crippen molar-refractivity contribution in [1.29, 1.82) is 0 Å². The molecule has 0 aromatic rings. The molecular weight excluding hydrogens is 214 g/mol. The summed E-state index contributed by atoms with van der Waals surface area (Å²) in [6, 6.07) is 0.333. The van der Waals surface area contributed by atoms with Gasteiger partial charge in [0.1, 0.15) is 4.32 Å². The van der Waals surface area contributed by atoms with Crippen molar-refractivity contribution in [3.63, 3.8) is 0 Å². The topological polar surface area (TPSA) is 20.3 Å². The molecule has 1 rings (SSSR count). The molecule has 0 aromatic heterocycles. The molecule has 1 aliphatic rings. The molecule has 2 nitrogen and oxygen atoms in total. The molecule has 0 radical (unpaired) electrons. The molecule has 4 heteroatoms. The summed E-state index contributed by atoms with van der Waals surface area (Å²) in [5, 5.41) is 0. The maximum atomic E-state index is 11.6. The number of rotatable bonds is 3. The third-order valence-electron chi connectivity index (χ3n) is 2.28. The van der Waals surface area contributed by atoms with E-state index >= 15 is 0 Å². The summed E-state index contributed by atoms with van der Waals surface area (Å²) < 4.78 is 0.766. The van der Waals surface area contributed by atoms with Crippen LogP contribution in [0, 0.1) is 5.92 Å². The van der Waals surface area contributed by atoms with E-state index in [0.29, 0.717) is 18.4 Å². The van der Waals surface area contributed by atoms with Gasteiger partial charge in [-0.05, 0) is 12.3 Å². The van der Waals surface area contributed by atoms with Crippen LogP contribution in [0.2, 0.25) is 0 Å². The first-order valence-corrected chi connectivity index (χ1v) is 6.44. The molecule has 1 aliphatic heterocycles. The molecule has 1 atom stereocenters. The second-order valence-electron chi connectivity index (χ2n) is 3.98. The standard InChI is InChI=1S/C10H17NOS2/c1-4-9(12)11-8(5-7(2)3)6-14-10(11)13/h7-8H,4-6H2,1-3H3/t8-/m0/s1. The Balaban J connectivity index is 2.66. The average Bonchev–Trinajstić information content (AvgIpc) is 2.45. The van der Waals surface area contributed by atoms with E-state index in [1.165, 1.54) is 0 Å². The molecule has 14 heavy (non-hydrogen) atoms. The third kappa shape index (κ3) is 2.70. The van der Waals surface area contributed by atoms with E-state index in [2.05, 4.69) is 13.8 Å². The molecule has 1 amide bonds. The maximum absolute atomic E-state index is 11.6. The summed E-state index contributed by atoms with van der Waals surface area (Å²) in [5.74, 6) is 1.77. The van der Waals surface area contributed by atoms with E-state index in [-0.39, 0.29) is 5.91 Å². The number of amides is 1. The predicted molar refractivity (Wildman–Crippen MR) is 65.4 cm³/mol. The first-order valence-electron chi connectivity index (χ1n) is 5.05. The van der Waals surface area contributed by atoms with Crippen molar-refractivity contribution in [3.8, 4) is 0 Å². The zero-order valence-corrected chi connectivity index (χ0v) is 10.6. The SMILES string of the molecule is CCC(=O)N1C(=S)SC[C@@H]1CC(C)C. The Kier molecular flexibility index (Phi) is 4.38. The molecule has 1 heterocycles. The van der Waals surface area contributed by atoms with Gasteiger partial charge >= 0.3 is 0 Å². The van der Waals surface area contributed by atoms with E-state index < -0.39 is 0 Å². The van der Waals surface area contributed by atoms with Crippen LogP contribution in [0.5, 0.6) is 0 Å². The molecule has 0 bridgehead atoms. The van der Waals surface area contributed by atoms with Gasteiger partial charge < -0.3 is 0 Å². The second kappa shape index (κ2) is 5.12. The summed E-state index contributed by atoms with van der Waals surface area (Å²) in [6.45, 7) is 6.25. The summed E-state index contributed by atoms with van der Waals surface area (Å²) in [7, 11) is 0. The van der Waals surface area contributed by atoms with Crippen LogP contribution in [-0.2, 0) is 4.79 Å². The normalized spacial score (nSPS) is 22.1. The quantitative estimate of drug-likeness (QED) is 0.697. The number of thioether (sulfide) groups is 1. The van der Waals surface area contributed by atoms with E-state index in [1.807, 2.05) is 11.8 Å². The van der Waals surface area contributed by atoms with Crippen molar-refractivity contribution in [2.45, 2.75) is 39.7 Å². The molecule has 0 unspecified atom stereocenters. The van der Waals surface area contributed by atoms with Crippen LogP contribution in [0.1, 0.15) is 33.6 Å². The number of thiocarbonyl (C=S) groups is 1. The molecule has 0 aliphatic carbocycles. The summed E-state index contributed by atoms with van der Waals surface area (Å²) in [4.78, 5) is 13.5. The van der Waals surface area contributed by atoms with Crippen LogP contribution < -0.4 is 0 Å². The fraction of sp³-hybridized carbons (Fsp3) is 0.800. The van der Waals surface area contributed by atoms with Crippen LogP contribution in [0.4, 0.5) is 0 Å². The van der Waals surface area contributed by atoms with Crippen LogP contribution in [0.3, 0.4) is 0 Å². The van der Waals surface area contributed by atoms with Crippen molar-refractivity contribution >= 4 is 34.2 Å². The van der Waals surface area contributed by atoms with Crippen molar-refractivity contribution in [1.82, 2.24) is 4.90 Å². The highest BCUT2D eigenvalue weighted by Gasteiger charge is 2.32. The van der Waals surface area contributed by atoms with Gasteiger partial charge in [0.25, 0.3) is 0 Å². The summed E-state index contributed by atoms with van der Waals surface area (Å²) in [5.41, 5.74) is 0. The first kappa shape index (κ1) is 12.0. The highest BCUT2D eigenvalue weighted by molar-refractivity contribution is 8.23. The van der Waals surface area contributed by atoms with Crippen molar-refractivity contribution in [2.75, 3.05) is 5.75 Å². The van der Waals surface area contributed by atoms with Gasteiger partial charge in [-0.1, -0.05) is 44.8 Å². The lowest BCUT2D eigenvalue weighted by atomic mass is 10.0. The molecule has 0 spiro atoms. The lowest BCUT2D eigenvalue weighted by Gasteiger charge is -2.24. The lowest BCUT2D eigenvalue weighted by molar-refractivity contribution is -0.128. The van der Waals surface area contributed by atoms with Crippen LogP contribution in [-0.4, -0.2) is 26.9 Å². The van der Waals surface area contributed by atoms with Gasteiger partial charge in [-0.15, -0.1) is 0 Å². The Morgan fingerprint density at radius 3 is 2.86 bits per heavy atom. The fourth-order valence-electron chi connectivity index (χ4n) is 1.65. The van der Waals surface area contributed by atoms with E-state index in [9.17, 15) is 4.79 Å². The van der Waals surface area contributed by atoms with Crippen molar-refractivity contribution < 1.29 is 4.79 Å². The van der Waals surface area contributed by atoms with E-state index in [0.717, 1.165) is 16.5 Å². The molecule has 0 N–H and O–H groups in total. The Hall–Kier alpha value is -0.0900. The van der Waals surface area contributed by atoms with E-state index in [1.54, 1.807) is 11.8 Å². The van der Waals surface area contributed by atoms with Gasteiger partial charge in [0.2, 0.25) is 5.91 Å². The highest BCUT2D eigenvalue weighted by atomic mass is 32.2. The van der Waals surface area contributed by atoms with Gasteiger partial charge in [0, 0.05) is 18.2 Å². The monoisotopic (exact) mass is 231 g/mol. The number of hydrogen-bond donors (Lipinski definition) is 0. The Bertz CT molecular complexity index is 240. The molecule has 0 saturated carbocycles. The Morgan fingerprint density at radius 2 is 2.36 bits per heavy atom. The molecule has 1 saturated heterocycles. The van der Waals surface area contributed by atoms with Crippen LogP contribution in [0.25, 0.3) is 0 Å². The number of carbonyl (C=O) groups is 1. The maximum Gasteiger partial charge on any atom is 0.228 e.